The lowest BCUT2D eigenvalue weighted by atomic mass is 9.93. The van der Waals surface area contributed by atoms with Gasteiger partial charge in [-0.15, -0.1) is 0 Å². The highest BCUT2D eigenvalue weighted by Crippen LogP contribution is 2.36. The molecule has 5 rings (SSSR count). The van der Waals surface area contributed by atoms with Crippen LogP contribution in [0.15, 0.2) is 91.0 Å². The first-order valence-corrected chi connectivity index (χ1v) is 13.1. The van der Waals surface area contributed by atoms with Crippen LogP contribution in [-0.2, 0) is 17.6 Å². The summed E-state index contributed by atoms with van der Waals surface area (Å²) < 4.78 is 0. The van der Waals surface area contributed by atoms with Gasteiger partial charge in [0.25, 0.3) is 5.91 Å². The van der Waals surface area contributed by atoms with Crippen LogP contribution in [0.3, 0.4) is 0 Å². The van der Waals surface area contributed by atoms with Gasteiger partial charge in [-0.05, 0) is 49.4 Å². The van der Waals surface area contributed by atoms with Gasteiger partial charge in [-0.3, -0.25) is 14.9 Å². The van der Waals surface area contributed by atoms with Crippen LogP contribution in [-0.4, -0.2) is 52.5 Å². The number of carbonyl (C=O) groups is 2. The first-order chi connectivity index (χ1) is 17.6. The zero-order chi connectivity index (χ0) is 25.0. The number of nitrogens with one attached hydrogen (secondary N) is 1. The third-order valence-electron chi connectivity index (χ3n) is 7.76. The number of likely N-dealkylation sites (tertiary alicyclic amines) is 1. The topological polar surface area (TPSA) is 52.7 Å². The number of piperidine rings is 1. The van der Waals surface area contributed by atoms with Gasteiger partial charge >= 0.3 is 0 Å². The Hall–Kier alpha value is -3.44. The number of benzene rings is 3. The van der Waals surface area contributed by atoms with E-state index in [9.17, 15) is 9.59 Å². The Morgan fingerprint density at radius 2 is 1.44 bits per heavy atom. The van der Waals surface area contributed by atoms with Gasteiger partial charge in [0, 0.05) is 37.5 Å². The fourth-order valence-corrected chi connectivity index (χ4v) is 5.84. The third-order valence-corrected chi connectivity index (χ3v) is 7.76. The molecule has 0 aromatic heterocycles. The Bertz CT molecular complexity index is 1160. The lowest BCUT2D eigenvalue weighted by Gasteiger charge is -2.47. The molecule has 36 heavy (non-hydrogen) atoms. The van der Waals surface area contributed by atoms with Crippen molar-refractivity contribution in [2.24, 2.45) is 0 Å². The summed E-state index contributed by atoms with van der Waals surface area (Å²) >= 11 is 0. The second kappa shape index (κ2) is 10.7. The average molecular weight is 482 g/mol. The summed E-state index contributed by atoms with van der Waals surface area (Å²) in [6.07, 6.45) is 3.99. The SMILES string of the molecule is C[C@@H](CCc1ccccc1)N1C(=O)[C@@H](Cc2ccccc2)NC12CCN(C(=O)c1ccccc1)CC2. The third kappa shape index (κ3) is 5.07. The maximum absolute atomic E-state index is 13.9. The van der Waals surface area contributed by atoms with Gasteiger partial charge in [-0.2, -0.15) is 0 Å². The van der Waals surface area contributed by atoms with Gasteiger partial charge in [0.05, 0.1) is 11.7 Å². The van der Waals surface area contributed by atoms with Crippen molar-refractivity contribution in [3.63, 3.8) is 0 Å². The predicted molar refractivity (Wildman–Crippen MR) is 142 cm³/mol. The second-order valence-corrected chi connectivity index (χ2v) is 10.2. The van der Waals surface area contributed by atoms with Crippen molar-refractivity contribution in [2.75, 3.05) is 13.1 Å². The molecule has 0 unspecified atom stereocenters. The Morgan fingerprint density at radius 3 is 2.06 bits per heavy atom. The van der Waals surface area contributed by atoms with Crippen LogP contribution < -0.4 is 5.32 Å². The minimum absolute atomic E-state index is 0.0688. The van der Waals surface area contributed by atoms with E-state index in [0.29, 0.717) is 19.5 Å². The van der Waals surface area contributed by atoms with Crippen molar-refractivity contribution < 1.29 is 9.59 Å². The molecule has 5 heteroatoms. The molecule has 0 saturated carbocycles. The number of aryl methyl sites for hydroxylation is 1. The zero-order valence-corrected chi connectivity index (χ0v) is 21.0. The van der Waals surface area contributed by atoms with Crippen LogP contribution in [0, 0.1) is 0 Å². The fourth-order valence-electron chi connectivity index (χ4n) is 5.84. The molecule has 2 aliphatic heterocycles. The van der Waals surface area contributed by atoms with Crippen molar-refractivity contribution in [3.8, 4) is 0 Å². The summed E-state index contributed by atoms with van der Waals surface area (Å²) in [6.45, 7) is 3.44. The van der Waals surface area contributed by atoms with E-state index in [-0.39, 0.29) is 23.9 Å². The van der Waals surface area contributed by atoms with Gasteiger partial charge in [-0.1, -0.05) is 78.9 Å². The molecule has 3 aromatic rings. The van der Waals surface area contributed by atoms with Crippen LogP contribution in [0.25, 0.3) is 0 Å². The monoisotopic (exact) mass is 481 g/mol. The number of nitrogens with zero attached hydrogens (tertiary/aromatic N) is 2. The van der Waals surface area contributed by atoms with Gasteiger partial charge < -0.3 is 9.80 Å². The van der Waals surface area contributed by atoms with Crippen molar-refractivity contribution >= 4 is 11.8 Å². The molecule has 3 aromatic carbocycles. The summed E-state index contributed by atoms with van der Waals surface area (Å²) in [5.74, 6) is 0.251. The van der Waals surface area contributed by atoms with E-state index in [1.165, 1.54) is 5.56 Å². The van der Waals surface area contributed by atoms with Crippen LogP contribution in [0.4, 0.5) is 0 Å². The molecule has 5 nitrogen and oxygen atoms in total. The van der Waals surface area contributed by atoms with E-state index in [0.717, 1.165) is 36.8 Å². The molecule has 1 spiro atoms. The second-order valence-electron chi connectivity index (χ2n) is 10.2. The Labute approximate surface area is 214 Å². The summed E-state index contributed by atoms with van der Waals surface area (Å²) in [7, 11) is 0. The summed E-state index contributed by atoms with van der Waals surface area (Å²) in [4.78, 5) is 31.0. The first kappa shape index (κ1) is 24.3. The van der Waals surface area contributed by atoms with Crippen LogP contribution >= 0.6 is 0 Å². The molecule has 186 valence electrons. The van der Waals surface area contributed by atoms with E-state index >= 15 is 0 Å². The van der Waals surface area contributed by atoms with E-state index in [2.05, 4.69) is 53.5 Å². The lowest BCUT2D eigenvalue weighted by molar-refractivity contribution is -0.136. The highest BCUT2D eigenvalue weighted by Gasteiger charge is 2.53. The molecular weight excluding hydrogens is 446 g/mol. The number of rotatable bonds is 7. The summed E-state index contributed by atoms with van der Waals surface area (Å²) in [5.41, 5.74) is 2.76. The predicted octanol–water partition coefficient (Wildman–Crippen LogP) is 4.68. The average Bonchev–Trinajstić information content (AvgIpc) is 3.19. The van der Waals surface area contributed by atoms with Crippen molar-refractivity contribution in [2.45, 2.75) is 56.8 Å². The minimum Gasteiger partial charge on any atom is -0.338 e. The molecule has 2 atom stereocenters. The van der Waals surface area contributed by atoms with E-state index in [4.69, 9.17) is 0 Å². The maximum atomic E-state index is 13.9. The van der Waals surface area contributed by atoms with Gasteiger partial charge in [0.1, 0.15) is 0 Å². The van der Waals surface area contributed by atoms with Crippen LogP contribution in [0.1, 0.15) is 47.7 Å². The molecular formula is C31H35N3O2. The van der Waals surface area contributed by atoms with E-state index < -0.39 is 5.66 Å². The van der Waals surface area contributed by atoms with E-state index in [1.807, 2.05) is 59.5 Å². The summed E-state index contributed by atoms with van der Waals surface area (Å²) in [5, 5.41) is 3.77. The first-order valence-electron chi connectivity index (χ1n) is 13.1. The largest absolute Gasteiger partial charge is 0.338 e. The van der Waals surface area contributed by atoms with Gasteiger partial charge in [0.15, 0.2) is 0 Å². The molecule has 2 aliphatic rings. The standard InChI is InChI=1S/C31H35N3O2/c1-24(17-18-25-11-5-2-6-12-25)34-30(36)28(23-26-13-7-3-8-14-26)32-31(34)19-21-33(22-20-31)29(35)27-15-9-4-10-16-27/h2-16,24,28,32H,17-23H2,1H3/t24-,28+/m0/s1. The molecule has 1 N–H and O–H groups in total. The lowest BCUT2D eigenvalue weighted by Crippen LogP contribution is -2.61. The fraction of sp³-hybridized carbons (Fsp3) is 0.355. The Kier molecular flexibility index (Phi) is 7.19. The summed E-state index contributed by atoms with van der Waals surface area (Å²) in [6, 6.07) is 30.0. The number of hydrogen-bond acceptors (Lipinski definition) is 3. The molecule has 2 amide bonds. The number of hydrogen-bond donors (Lipinski definition) is 1. The normalized spacial score (nSPS) is 20.0. The molecule has 0 radical (unpaired) electrons. The Balaban J connectivity index is 1.34. The van der Waals surface area contributed by atoms with Gasteiger partial charge in [0.2, 0.25) is 5.91 Å². The van der Waals surface area contributed by atoms with Crippen LogP contribution in [0.2, 0.25) is 0 Å². The highest BCUT2D eigenvalue weighted by molar-refractivity contribution is 5.94. The molecule has 2 heterocycles. The van der Waals surface area contributed by atoms with Crippen LogP contribution in [0.5, 0.6) is 0 Å². The van der Waals surface area contributed by atoms with Crippen molar-refractivity contribution in [1.29, 1.82) is 0 Å². The van der Waals surface area contributed by atoms with E-state index in [1.54, 1.807) is 0 Å². The number of carbonyl (C=O) groups excluding carboxylic acids is 2. The van der Waals surface area contributed by atoms with Crippen molar-refractivity contribution in [1.82, 2.24) is 15.1 Å². The molecule has 2 saturated heterocycles. The van der Waals surface area contributed by atoms with Gasteiger partial charge in [-0.25, -0.2) is 0 Å². The Morgan fingerprint density at radius 1 is 0.889 bits per heavy atom. The van der Waals surface area contributed by atoms with Crippen molar-refractivity contribution in [3.05, 3.63) is 108 Å². The quantitative estimate of drug-likeness (QED) is 0.533. The number of amides is 2. The molecule has 0 bridgehead atoms. The minimum atomic E-state index is -0.417. The molecule has 2 fully saturated rings. The zero-order valence-electron chi connectivity index (χ0n) is 21.0. The molecule has 0 aliphatic carbocycles. The smallest absolute Gasteiger partial charge is 0.253 e. The highest BCUT2D eigenvalue weighted by atomic mass is 16.2. The maximum Gasteiger partial charge on any atom is 0.253 e.